The lowest BCUT2D eigenvalue weighted by molar-refractivity contribution is 0.199. The monoisotopic (exact) mass is 238 g/mol. The maximum atomic E-state index is 9.45. The van der Waals surface area contributed by atoms with E-state index in [0.29, 0.717) is 11.2 Å². The van der Waals surface area contributed by atoms with Crippen LogP contribution in [0.25, 0.3) is 0 Å². The summed E-state index contributed by atoms with van der Waals surface area (Å²) in [6.45, 7) is 5.80. The molecule has 0 aliphatic carbocycles. The number of anilines is 1. The number of benzene rings is 1. The molecule has 1 atom stereocenters. The predicted octanol–water partition coefficient (Wildman–Crippen LogP) is 2.43. The van der Waals surface area contributed by atoms with Crippen LogP contribution in [0.2, 0.25) is 0 Å². The lowest BCUT2D eigenvalue weighted by Crippen LogP contribution is -2.33. The molecule has 0 bridgehead atoms. The fraction of sp³-hybridized carbons (Fsp3) is 0.417. The maximum Gasteiger partial charge on any atom is 0.170 e. The second-order valence-corrected chi connectivity index (χ2v) is 4.46. The van der Waals surface area contributed by atoms with Crippen LogP contribution in [0.1, 0.15) is 32.4 Å². The summed E-state index contributed by atoms with van der Waals surface area (Å²) in [5.74, 6) is 0. The molecule has 4 heteroatoms. The zero-order valence-corrected chi connectivity index (χ0v) is 10.6. The van der Waals surface area contributed by atoms with Gasteiger partial charge < -0.3 is 15.7 Å². The largest absolute Gasteiger partial charge is 0.389 e. The van der Waals surface area contributed by atoms with Crippen molar-refractivity contribution in [1.82, 2.24) is 5.32 Å². The van der Waals surface area contributed by atoms with Crippen LogP contribution in [-0.4, -0.2) is 16.3 Å². The molecule has 0 aliphatic heterocycles. The molecule has 0 saturated heterocycles. The normalized spacial score (nSPS) is 12.3. The molecule has 1 unspecified atom stereocenters. The first-order valence-corrected chi connectivity index (χ1v) is 5.75. The number of hydrogen-bond acceptors (Lipinski definition) is 2. The average molecular weight is 238 g/mol. The number of rotatable bonds is 3. The van der Waals surface area contributed by atoms with E-state index in [0.717, 1.165) is 11.3 Å². The van der Waals surface area contributed by atoms with Gasteiger partial charge in [-0.25, -0.2) is 0 Å². The topological polar surface area (TPSA) is 44.3 Å². The van der Waals surface area contributed by atoms with E-state index in [1.54, 1.807) is 6.92 Å². The van der Waals surface area contributed by atoms with Crippen LogP contribution in [0.5, 0.6) is 0 Å². The number of aliphatic hydroxyl groups excluding tert-OH is 1. The molecule has 0 radical (unpaired) electrons. The Morgan fingerprint density at radius 2 is 2.00 bits per heavy atom. The quantitative estimate of drug-likeness (QED) is 0.708. The van der Waals surface area contributed by atoms with Crippen LogP contribution in [0.3, 0.4) is 0 Å². The van der Waals surface area contributed by atoms with Crippen molar-refractivity contribution in [1.29, 1.82) is 0 Å². The summed E-state index contributed by atoms with van der Waals surface area (Å²) in [6, 6.07) is 7.89. The Morgan fingerprint density at radius 3 is 2.56 bits per heavy atom. The van der Waals surface area contributed by atoms with Gasteiger partial charge in [0, 0.05) is 11.7 Å². The van der Waals surface area contributed by atoms with E-state index < -0.39 is 6.10 Å². The van der Waals surface area contributed by atoms with Crippen LogP contribution < -0.4 is 10.6 Å². The van der Waals surface area contributed by atoms with E-state index in [9.17, 15) is 5.11 Å². The van der Waals surface area contributed by atoms with Crippen molar-refractivity contribution in [3.05, 3.63) is 29.8 Å². The van der Waals surface area contributed by atoms with E-state index >= 15 is 0 Å². The maximum absolute atomic E-state index is 9.45. The molecule has 88 valence electrons. The lowest BCUT2D eigenvalue weighted by atomic mass is 10.1. The minimum absolute atomic E-state index is 0.306. The van der Waals surface area contributed by atoms with Crippen molar-refractivity contribution in [3.63, 3.8) is 0 Å². The lowest BCUT2D eigenvalue weighted by Gasteiger charge is -2.14. The zero-order valence-electron chi connectivity index (χ0n) is 9.82. The highest BCUT2D eigenvalue weighted by Crippen LogP contribution is 2.16. The third-order valence-electron chi connectivity index (χ3n) is 2.05. The summed E-state index contributed by atoms with van der Waals surface area (Å²) in [6.07, 6.45) is -0.464. The fourth-order valence-corrected chi connectivity index (χ4v) is 1.66. The van der Waals surface area contributed by atoms with Gasteiger partial charge in [0.1, 0.15) is 0 Å². The van der Waals surface area contributed by atoms with Crippen LogP contribution in [0, 0.1) is 0 Å². The molecule has 0 heterocycles. The molecular weight excluding hydrogens is 220 g/mol. The fourth-order valence-electron chi connectivity index (χ4n) is 1.31. The van der Waals surface area contributed by atoms with Crippen molar-refractivity contribution in [2.45, 2.75) is 32.9 Å². The van der Waals surface area contributed by atoms with Gasteiger partial charge in [0.15, 0.2) is 5.11 Å². The Morgan fingerprint density at radius 1 is 1.31 bits per heavy atom. The summed E-state index contributed by atoms with van der Waals surface area (Å²) in [4.78, 5) is 0. The number of nitrogens with one attached hydrogen (secondary N) is 2. The number of aliphatic hydroxyl groups is 1. The molecule has 0 spiro atoms. The Kier molecular flexibility index (Phi) is 4.71. The van der Waals surface area contributed by atoms with Crippen molar-refractivity contribution >= 4 is 23.0 Å². The van der Waals surface area contributed by atoms with Gasteiger partial charge in [-0.05, 0) is 50.7 Å². The van der Waals surface area contributed by atoms with Crippen molar-refractivity contribution in [3.8, 4) is 0 Å². The molecular formula is C12H18N2OS. The van der Waals surface area contributed by atoms with E-state index in [1.165, 1.54) is 0 Å². The van der Waals surface area contributed by atoms with E-state index in [2.05, 4.69) is 10.6 Å². The molecule has 0 aromatic heterocycles. The summed E-state index contributed by atoms with van der Waals surface area (Å²) >= 11 is 5.14. The van der Waals surface area contributed by atoms with Gasteiger partial charge in [-0.15, -0.1) is 0 Å². The van der Waals surface area contributed by atoms with Gasteiger partial charge in [-0.3, -0.25) is 0 Å². The van der Waals surface area contributed by atoms with Crippen LogP contribution in [0.4, 0.5) is 5.69 Å². The molecule has 1 aromatic rings. The summed E-state index contributed by atoms with van der Waals surface area (Å²) in [5.41, 5.74) is 1.76. The predicted molar refractivity (Wildman–Crippen MR) is 71.6 cm³/mol. The Labute approximate surface area is 102 Å². The molecule has 0 amide bonds. The molecule has 1 rings (SSSR count). The summed E-state index contributed by atoms with van der Waals surface area (Å²) < 4.78 is 0. The zero-order chi connectivity index (χ0) is 12.1. The third kappa shape index (κ3) is 4.16. The van der Waals surface area contributed by atoms with Crippen LogP contribution in [-0.2, 0) is 0 Å². The Bertz CT molecular complexity index is 364. The van der Waals surface area contributed by atoms with Gasteiger partial charge in [-0.2, -0.15) is 0 Å². The first-order valence-electron chi connectivity index (χ1n) is 5.34. The van der Waals surface area contributed by atoms with Gasteiger partial charge in [0.2, 0.25) is 0 Å². The first kappa shape index (κ1) is 12.9. The molecule has 16 heavy (non-hydrogen) atoms. The highest BCUT2D eigenvalue weighted by Gasteiger charge is 2.03. The molecule has 0 aliphatic rings. The smallest absolute Gasteiger partial charge is 0.170 e. The molecule has 1 aromatic carbocycles. The van der Waals surface area contributed by atoms with Gasteiger partial charge in [0.05, 0.1) is 6.10 Å². The van der Waals surface area contributed by atoms with Crippen LogP contribution >= 0.6 is 12.2 Å². The minimum atomic E-state index is -0.464. The van der Waals surface area contributed by atoms with E-state index in [1.807, 2.05) is 38.1 Å². The SMILES string of the molecule is CC(C)NC(=S)Nc1cccc(C(C)O)c1. The summed E-state index contributed by atoms with van der Waals surface area (Å²) in [5, 5.41) is 16.2. The molecule has 0 saturated carbocycles. The van der Waals surface area contributed by atoms with Gasteiger partial charge in [0.25, 0.3) is 0 Å². The Balaban J connectivity index is 2.67. The second kappa shape index (κ2) is 5.82. The highest BCUT2D eigenvalue weighted by atomic mass is 32.1. The molecule has 3 N–H and O–H groups in total. The van der Waals surface area contributed by atoms with Crippen molar-refractivity contribution in [2.24, 2.45) is 0 Å². The Hall–Kier alpha value is -1.13. The number of hydrogen-bond donors (Lipinski definition) is 3. The van der Waals surface area contributed by atoms with Crippen molar-refractivity contribution in [2.75, 3.05) is 5.32 Å². The molecule has 3 nitrogen and oxygen atoms in total. The van der Waals surface area contributed by atoms with E-state index in [-0.39, 0.29) is 0 Å². The van der Waals surface area contributed by atoms with Gasteiger partial charge in [-0.1, -0.05) is 12.1 Å². The van der Waals surface area contributed by atoms with Gasteiger partial charge >= 0.3 is 0 Å². The average Bonchev–Trinajstić information content (AvgIpc) is 2.16. The standard InChI is InChI=1S/C12H18N2OS/c1-8(2)13-12(16)14-11-6-4-5-10(7-11)9(3)15/h4-9,15H,1-3H3,(H2,13,14,16). The van der Waals surface area contributed by atoms with Crippen molar-refractivity contribution < 1.29 is 5.11 Å². The molecule has 0 fully saturated rings. The third-order valence-corrected chi connectivity index (χ3v) is 2.27. The van der Waals surface area contributed by atoms with Crippen LogP contribution in [0.15, 0.2) is 24.3 Å². The highest BCUT2D eigenvalue weighted by molar-refractivity contribution is 7.80. The first-order chi connectivity index (χ1) is 7.49. The second-order valence-electron chi connectivity index (χ2n) is 4.05. The van der Waals surface area contributed by atoms with E-state index in [4.69, 9.17) is 12.2 Å². The summed E-state index contributed by atoms with van der Waals surface area (Å²) in [7, 11) is 0. The minimum Gasteiger partial charge on any atom is -0.389 e. The number of thiocarbonyl (C=S) groups is 1.